The Bertz CT molecular complexity index is 846. The Morgan fingerprint density at radius 3 is 2.23 bits per heavy atom. The van der Waals surface area contributed by atoms with Crippen LogP contribution in [-0.4, -0.2) is 58.3 Å². The minimum absolute atomic E-state index is 0.0672. The van der Waals surface area contributed by atoms with E-state index in [1.807, 2.05) is 38.2 Å². The van der Waals surface area contributed by atoms with Crippen LogP contribution in [0.5, 0.6) is 0 Å². The second-order valence-corrected chi connectivity index (χ2v) is 8.36. The smallest absolute Gasteiger partial charge is 0.279 e. The maximum Gasteiger partial charge on any atom is 0.279 e. The van der Waals surface area contributed by atoms with Crippen LogP contribution in [0.2, 0.25) is 0 Å². The molecule has 2 aromatic carbocycles. The SMILES string of the molecule is Cc1ccc(NC(=O)C[NH+](C)CC(=O)NCc2ccc(C[NH+]3CCOCC3)cc2)cc1. The molecule has 0 aromatic heterocycles. The molecule has 0 bridgehead atoms. The number of ether oxygens (including phenoxy) is 1. The predicted molar refractivity (Wildman–Crippen MR) is 120 cm³/mol. The van der Waals surface area contributed by atoms with Gasteiger partial charge in [0.25, 0.3) is 11.8 Å². The number of amides is 2. The van der Waals surface area contributed by atoms with Crippen LogP contribution in [0, 0.1) is 6.92 Å². The summed E-state index contributed by atoms with van der Waals surface area (Å²) in [5, 5.41) is 5.81. The first-order valence-corrected chi connectivity index (χ1v) is 10.9. The van der Waals surface area contributed by atoms with Crippen molar-refractivity contribution >= 4 is 17.5 Å². The van der Waals surface area contributed by atoms with Crippen molar-refractivity contribution in [1.29, 1.82) is 0 Å². The van der Waals surface area contributed by atoms with Crippen molar-refractivity contribution in [2.45, 2.75) is 20.0 Å². The van der Waals surface area contributed by atoms with Crippen molar-refractivity contribution in [3.05, 3.63) is 65.2 Å². The molecule has 7 heteroatoms. The molecular formula is C24H34N4O3+2. The van der Waals surface area contributed by atoms with Crippen molar-refractivity contribution in [1.82, 2.24) is 5.32 Å². The molecule has 3 rings (SSSR count). The number of nitrogens with one attached hydrogen (secondary N) is 4. The number of morpholine rings is 1. The molecule has 1 unspecified atom stereocenters. The van der Waals surface area contributed by atoms with Gasteiger partial charge < -0.3 is 25.2 Å². The van der Waals surface area contributed by atoms with E-state index in [4.69, 9.17) is 4.74 Å². The van der Waals surface area contributed by atoms with Gasteiger partial charge in [-0.3, -0.25) is 9.59 Å². The number of anilines is 1. The van der Waals surface area contributed by atoms with Gasteiger partial charge in [-0.25, -0.2) is 0 Å². The standard InChI is InChI=1S/C24H32N4O3/c1-19-3-9-22(10-4-19)26-24(30)18-27(2)17-23(29)25-15-20-5-7-21(8-6-20)16-28-11-13-31-14-12-28/h3-10H,11-18H2,1-2H3,(H,25,29)(H,26,30)/p+2. The van der Waals surface area contributed by atoms with Crippen molar-refractivity contribution in [3.8, 4) is 0 Å². The maximum atomic E-state index is 12.3. The van der Waals surface area contributed by atoms with Crippen LogP contribution in [0.4, 0.5) is 5.69 Å². The Hall–Kier alpha value is -2.74. The van der Waals surface area contributed by atoms with E-state index in [1.54, 1.807) is 4.90 Å². The van der Waals surface area contributed by atoms with Gasteiger partial charge in [0, 0.05) is 17.8 Å². The molecule has 0 aliphatic carbocycles. The van der Waals surface area contributed by atoms with Gasteiger partial charge >= 0.3 is 0 Å². The highest BCUT2D eigenvalue weighted by molar-refractivity contribution is 5.91. The van der Waals surface area contributed by atoms with Crippen molar-refractivity contribution < 1.29 is 24.1 Å². The molecule has 1 aliphatic rings. The number of quaternary nitrogens is 2. The minimum Gasteiger partial charge on any atom is -0.370 e. The lowest BCUT2D eigenvalue weighted by Gasteiger charge is -2.23. The number of carbonyl (C=O) groups is 2. The summed E-state index contributed by atoms with van der Waals surface area (Å²) in [7, 11) is 1.84. The average Bonchev–Trinajstić information content (AvgIpc) is 2.75. The summed E-state index contributed by atoms with van der Waals surface area (Å²) in [6, 6.07) is 16.1. The molecule has 1 saturated heterocycles. The van der Waals surface area contributed by atoms with Crippen LogP contribution in [-0.2, 0) is 27.4 Å². The Morgan fingerprint density at radius 1 is 0.935 bits per heavy atom. The number of likely N-dealkylation sites (N-methyl/N-ethyl adjacent to an activating group) is 1. The van der Waals surface area contributed by atoms with Crippen molar-refractivity contribution in [2.75, 3.05) is 51.8 Å². The second-order valence-electron chi connectivity index (χ2n) is 8.36. The van der Waals surface area contributed by atoms with E-state index >= 15 is 0 Å². The molecular weight excluding hydrogens is 392 g/mol. The van der Waals surface area contributed by atoms with Gasteiger partial charge in [0.15, 0.2) is 13.1 Å². The molecule has 2 amide bonds. The molecule has 166 valence electrons. The summed E-state index contributed by atoms with van der Waals surface area (Å²) in [5.41, 5.74) is 4.29. The minimum atomic E-state index is -0.104. The lowest BCUT2D eigenvalue weighted by molar-refractivity contribution is -0.921. The third-order valence-electron chi connectivity index (χ3n) is 5.43. The van der Waals surface area contributed by atoms with Crippen LogP contribution in [0.1, 0.15) is 16.7 Å². The van der Waals surface area contributed by atoms with E-state index in [-0.39, 0.29) is 24.9 Å². The van der Waals surface area contributed by atoms with E-state index in [1.165, 1.54) is 5.56 Å². The van der Waals surface area contributed by atoms with Crippen LogP contribution in [0.15, 0.2) is 48.5 Å². The second kappa shape index (κ2) is 11.6. The fraction of sp³-hybridized carbons (Fsp3) is 0.417. The first-order chi connectivity index (χ1) is 15.0. The molecule has 1 atom stereocenters. The normalized spacial score (nSPS) is 15.3. The molecule has 0 radical (unpaired) electrons. The third-order valence-corrected chi connectivity index (χ3v) is 5.43. The van der Waals surface area contributed by atoms with E-state index < -0.39 is 0 Å². The van der Waals surface area contributed by atoms with Crippen LogP contribution in [0.3, 0.4) is 0 Å². The number of rotatable bonds is 9. The van der Waals surface area contributed by atoms with Gasteiger partial charge in [-0.2, -0.15) is 0 Å². The summed E-state index contributed by atoms with van der Waals surface area (Å²) in [6.07, 6.45) is 0. The topological polar surface area (TPSA) is 76.3 Å². The Kier molecular flexibility index (Phi) is 8.58. The van der Waals surface area contributed by atoms with E-state index in [2.05, 4.69) is 34.9 Å². The van der Waals surface area contributed by atoms with E-state index in [9.17, 15) is 9.59 Å². The van der Waals surface area contributed by atoms with Gasteiger partial charge in [0.2, 0.25) is 0 Å². The molecule has 4 N–H and O–H groups in total. The molecule has 1 fully saturated rings. The fourth-order valence-electron chi connectivity index (χ4n) is 3.62. The molecule has 0 spiro atoms. The number of hydrogen-bond acceptors (Lipinski definition) is 3. The van der Waals surface area contributed by atoms with Crippen LogP contribution < -0.4 is 20.4 Å². The molecule has 7 nitrogen and oxygen atoms in total. The van der Waals surface area contributed by atoms with E-state index in [0.29, 0.717) is 6.54 Å². The molecule has 2 aromatic rings. The predicted octanol–water partition coefficient (Wildman–Crippen LogP) is -0.820. The van der Waals surface area contributed by atoms with Gasteiger partial charge in [0.05, 0.1) is 20.3 Å². The molecule has 1 heterocycles. The zero-order chi connectivity index (χ0) is 22.1. The third kappa shape index (κ3) is 8.13. The van der Waals surface area contributed by atoms with Crippen molar-refractivity contribution in [3.63, 3.8) is 0 Å². The molecule has 1 aliphatic heterocycles. The molecule has 0 saturated carbocycles. The summed E-state index contributed by atoms with van der Waals surface area (Å²) >= 11 is 0. The Balaban J connectivity index is 1.35. The van der Waals surface area contributed by atoms with Gasteiger partial charge in [-0.15, -0.1) is 0 Å². The Morgan fingerprint density at radius 2 is 1.55 bits per heavy atom. The highest BCUT2D eigenvalue weighted by Crippen LogP contribution is 2.07. The first kappa shape index (κ1) is 22.9. The number of benzene rings is 2. The summed E-state index contributed by atoms with van der Waals surface area (Å²) in [5.74, 6) is -0.172. The van der Waals surface area contributed by atoms with E-state index in [0.717, 1.165) is 54.6 Å². The van der Waals surface area contributed by atoms with Gasteiger partial charge in [-0.1, -0.05) is 42.0 Å². The lowest BCUT2D eigenvalue weighted by atomic mass is 10.1. The highest BCUT2D eigenvalue weighted by Gasteiger charge is 2.15. The lowest BCUT2D eigenvalue weighted by Crippen LogP contribution is -3.12. The van der Waals surface area contributed by atoms with Crippen LogP contribution in [0.25, 0.3) is 0 Å². The van der Waals surface area contributed by atoms with Crippen LogP contribution >= 0.6 is 0 Å². The number of carbonyl (C=O) groups excluding carboxylic acids is 2. The quantitative estimate of drug-likeness (QED) is 0.423. The summed E-state index contributed by atoms with van der Waals surface area (Å²) in [4.78, 5) is 26.8. The van der Waals surface area contributed by atoms with Gasteiger partial charge in [-0.05, 0) is 24.6 Å². The summed E-state index contributed by atoms with van der Waals surface area (Å²) < 4.78 is 5.40. The van der Waals surface area contributed by atoms with Crippen molar-refractivity contribution in [2.24, 2.45) is 0 Å². The highest BCUT2D eigenvalue weighted by atomic mass is 16.5. The number of hydrogen-bond donors (Lipinski definition) is 4. The fourth-order valence-corrected chi connectivity index (χ4v) is 3.62. The summed E-state index contributed by atoms with van der Waals surface area (Å²) in [6.45, 7) is 7.77. The molecule has 31 heavy (non-hydrogen) atoms. The number of aryl methyl sites for hydroxylation is 1. The zero-order valence-corrected chi connectivity index (χ0v) is 18.5. The monoisotopic (exact) mass is 426 g/mol. The maximum absolute atomic E-state index is 12.3. The first-order valence-electron chi connectivity index (χ1n) is 10.9. The Labute approximate surface area is 184 Å². The largest absolute Gasteiger partial charge is 0.370 e. The average molecular weight is 427 g/mol. The zero-order valence-electron chi connectivity index (χ0n) is 18.5. The van der Waals surface area contributed by atoms with Gasteiger partial charge in [0.1, 0.15) is 19.6 Å².